The van der Waals surface area contributed by atoms with Gasteiger partial charge in [0.1, 0.15) is 12.1 Å². The second kappa shape index (κ2) is 5.72. The summed E-state index contributed by atoms with van der Waals surface area (Å²) in [5.74, 6) is 1.34. The van der Waals surface area contributed by atoms with Gasteiger partial charge in [0, 0.05) is 12.1 Å². The normalized spacial score (nSPS) is 24.3. The molecular formula is C12H18N4O. The van der Waals surface area contributed by atoms with E-state index in [2.05, 4.69) is 15.3 Å². The Morgan fingerprint density at radius 2 is 2.18 bits per heavy atom. The molecular weight excluding hydrogens is 216 g/mol. The first-order valence-electron chi connectivity index (χ1n) is 6.06. The van der Waals surface area contributed by atoms with Gasteiger partial charge in [-0.3, -0.25) is 4.79 Å². The summed E-state index contributed by atoms with van der Waals surface area (Å²) >= 11 is 0. The molecule has 0 spiro atoms. The van der Waals surface area contributed by atoms with Crippen molar-refractivity contribution in [1.29, 1.82) is 0 Å². The fourth-order valence-electron chi connectivity index (χ4n) is 2.25. The zero-order chi connectivity index (χ0) is 12.1. The molecule has 3 N–H and O–H groups in total. The van der Waals surface area contributed by atoms with Gasteiger partial charge in [-0.25, -0.2) is 9.97 Å². The molecule has 1 aromatic heterocycles. The summed E-state index contributed by atoms with van der Waals surface area (Å²) in [6.07, 6.45) is 7.02. The SMILES string of the molecule is NCC1CCC(C(=O)Nc2ccncn2)CC1. The predicted molar refractivity (Wildman–Crippen MR) is 65.2 cm³/mol. The first-order valence-corrected chi connectivity index (χ1v) is 6.06. The molecule has 0 unspecified atom stereocenters. The van der Waals surface area contributed by atoms with E-state index in [0.29, 0.717) is 11.7 Å². The lowest BCUT2D eigenvalue weighted by molar-refractivity contribution is -0.121. The van der Waals surface area contributed by atoms with E-state index in [9.17, 15) is 4.79 Å². The van der Waals surface area contributed by atoms with E-state index >= 15 is 0 Å². The van der Waals surface area contributed by atoms with Crippen molar-refractivity contribution in [2.24, 2.45) is 17.6 Å². The van der Waals surface area contributed by atoms with Crippen LogP contribution in [-0.4, -0.2) is 22.4 Å². The monoisotopic (exact) mass is 234 g/mol. The van der Waals surface area contributed by atoms with Gasteiger partial charge in [-0.05, 0) is 44.2 Å². The fraction of sp³-hybridized carbons (Fsp3) is 0.583. The molecule has 0 aliphatic heterocycles. The van der Waals surface area contributed by atoms with Gasteiger partial charge in [-0.2, -0.15) is 0 Å². The Morgan fingerprint density at radius 3 is 2.76 bits per heavy atom. The first kappa shape index (κ1) is 12.0. The highest BCUT2D eigenvalue weighted by Crippen LogP contribution is 2.28. The van der Waals surface area contributed by atoms with E-state index in [1.165, 1.54) is 6.33 Å². The van der Waals surface area contributed by atoms with Crippen LogP contribution >= 0.6 is 0 Å². The van der Waals surface area contributed by atoms with Crippen molar-refractivity contribution in [3.05, 3.63) is 18.6 Å². The Morgan fingerprint density at radius 1 is 1.41 bits per heavy atom. The molecule has 0 atom stereocenters. The molecule has 5 heteroatoms. The number of hydrogen-bond donors (Lipinski definition) is 2. The van der Waals surface area contributed by atoms with Crippen molar-refractivity contribution in [2.45, 2.75) is 25.7 Å². The van der Waals surface area contributed by atoms with Crippen LogP contribution in [0.4, 0.5) is 5.82 Å². The Kier molecular flexibility index (Phi) is 4.03. The molecule has 1 saturated carbocycles. The van der Waals surface area contributed by atoms with Gasteiger partial charge < -0.3 is 11.1 Å². The van der Waals surface area contributed by atoms with Crippen LogP contribution in [0, 0.1) is 11.8 Å². The third-order valence-electron chi connectivity index (χ3n) is 3.38. The number of rotatable bonds is 3. The molecule has 0 saturated heterocycles. The Labute approximate surface area is 101 Å². The van der Waals surface area contributed by atoms with Crippen LogP contribution in [0.1, 0.15) is 25.7 Å². The second-order valence-corrected chi connectivity index (χ2v) is 4.54. The maximum Gasteiger partial charge on any atom is 0.228 e. The molecule has 17 heavy (non-hydrogen) atoms. The molecule has 1 aliphatic rings. The summed E-state index contributed by atoms with van der Waals surface area (Å²) in [5, 5.41) is 2.82. The highest BCUT2D eigenvalue weighted by Gasteiger charge is 2.25. The molecule has 1 amide bonds. The van der Waals surface area contributed by atoms with Gasteiger partial charge in [0.2, 0.25) is 5.91 Å². The zero-order valence-corrected chi connectivity index (χ0v) is 9.80. The maximum absolute atomic E-state index is 12.0. The van der Waals surface area contributed by atoms with Crippen LogP contribution in [0.25, 0.3) is 0 Å². The minimum Gasteiger partial charge on any atom is -0.330 e. The van der Waals surface area contributed by atoms with Gasteiger partial charge in [0.15, 0.2) is 0 Å². The molecule has 1 aliphatic carbocycles. The highest BCUT2D eigenvalue weighted by atomic mass is 16.1. The van der Waals surface area contributed by atoms with Crippen molar-refractivity contribution in [2.75, 3.05) is 11.9 Å². The van der Waals surface area contributed by atoms with Crippen LogP contribution in [0.15, 0.2) is 18.6 Å². The van der Waals surface area contributed by atoms with Crippen molar-refractivity contribution < 1.29 is 4.79 Å². The van der Waals surface area contributed by atoms with Gasteiger partial charge in [-0.15, -0.1) is 0 Å². The molecule has 5 nitrogen and oxygen atoms in total. The van der Waals surface area contributed by atoms with E-state index < -0.39 is 0 Å². The van der Waals surface area contributed by atoms with E-state index in [1.807, 2.05) is 0 Å². The van der Waals surface area contributed by atoms with E-state index in [4.69, 9.17) is 5.73 Å². The Bertz CT molecular complexity index is 360. The van der Waals surface area contributed by atoms with Crippen LogP contribution < -0.4 is 11.1 Å². The smallest absolute Gasteiger partial charge is 0.228 e. The third kappa shape index (κ3) is 3.23. The summed E-state index contributed by atoms with van der Waals surface area (Å²) in [4.78, 5) is 19.8. The minimum atomic E-state index is 0.0687. The van der Waals surface area contributed by atoms with Gasteiger partial charge in [0.25, 0.3) is 0 Å². The van der Waals surface area contributed by atoms with Crippen molar-refractivity contribution in [1.82, 2.24) is 9.97 Å². The average molecular weight is 234 g/mol. The Hall–Kier alpha value is -1.49. The Balaban J connectivity index is 1.85. The average Bonchev–Trinajstić information content (AvgIpc) is 2.40. The van der Waals surface area contributed by atoms with E-state index in [-0.39, 0.29) is 11.8 Å². The number of carbonyl (C=O) groups excluding carboxylic acids is 1. The van der Waals surface area contributed by atoms with Crippen molar-refractivity contribution in [3.63, 3.8) is 0 Å². The second-order valence-electron chi connectivity index (χ2n) is 4.54. The molecule has 1 fully saturated rings. The molecule has 0 aromatic carbocycles. The first-order chi connectivity index (χ1) is 8.29. The number of amides is 1. The lowest BCUT2D eigenvalue weighted by atomic mass is 9.81. The summed E-state index contributed by atoms with van der Waals surface area (Å²) in [7, 11) is 0. The lowest BCUT2D eigenvalue weighted by Gasteiger charge is -2.26. The summed E-state index contributed by atoms with van der Waals surface area (Å²) in [6.45, 7) is 0.736. The quantitative estimate of drug-likeness (QED) is 0.823. The summed E-state index contributed by atoms with van der Waals surface area (Å²) < 4.78 is 0. The van der Waals surface area contributed by atoms with Crippen molar-refractivity contribution in [3.8, 4) is 0 Å². The lowest BCUT2D eigenvalue weighted by Crippen LogP contribution is -2.29. The standard InChI is InChI=1S/C12H18N4O/c13-7-9-1-3-10(4-2-9)12(17)16-11-5-6-14-8-15-11/h5-6,8-10H,1-4,7,13H2,(H,14,15,16,17). The topological polar surface area (TPSA) is 80.9 Å². The summed E-state index contributed by atoms with van der Waals surface area (Å²) in [6, 6.07) is 1.70. The number of aromatic nitrogens is 2. The molecule has 92 valence electrons. The minimum absolute atomic E-state index is 0.0687. The predicted octanol–water partition coefficient (Wildman–Crippen LogP) is 1.18. The molecule has 0 bridgehead atoms. The van der Waals surface area contributed by atoms with E-state index in [1.54, 1.807) is 12.3 Å². The van der Waals surface area contributed by atoms with E-state index in [0.717, 1.165) is 32.2 Å². The largest absolute Gasteiger partial charge is 0.330 e. The molecule has 2 rings (SSSR count). The van der Waals surface area contributed by atoms with Crippen LogP contribution in [0.3, 0.4) is 0 Å². The third-order valence-corrected chi connectivity index (χ3v) is 3.38. The summed E-state index contributed by atoms with van der Waals surface area (Å²) in [5.41, 5.74) is 5.63. The van der Waals surface area contributed by atoms with Gasteiger partial charge >= 0.3 is 0 Å². The number of hydrogen-bond acceptors (Lipinski definition) is 4. The van der Waals surface area contributed by atoms with Crippen molar-refractivity contribution >= 4 is 11.7 Å². The highest BCUT2D eigenvalue weighted by molar-refractivity contribution is 5.91. The number of anilines is 1. The van der Waals surface area contributed by atoms with Gasteiger partial charge in [0.05, 0.1) is 0 Å². The number of carbonyl (C=O) groups is 1. The van der Waals surface area contributed by atoms with Crippen LogP contribution in [-0.2, 0) is 4.79 Å². The number of nitrogens with one attached hydrogen (secondary N) is 1. The maximum atomic E-state index is 12.0. The molecule has 1 aromatic rings. The molecule has 0 radical (unpaired) electrons. The number of nitrogens with two attached hydrogens (primary N) is 1. The molecule has 1 heterocycles. The van der Waals surface area contributed by atoms with Gasteiger partial charge in [-0.1, -0.05) is 0 Å². The number of nitrogens with zero attached hydrogens (tertiary/aromatic N) is 2. The zero-order valence-electron chi connectivity index (χ0n) is 9.80. The van der Waals surface area contributed by atoms with Crippen LogP contribution in [0.2, 0.25) is 0 Å². The van der Waals surface area contributed by atoms with Crippen LogP contribution in [0.5, 0.6) is 0 Å². The fourth-order valence-corrected chi connectivity index (χ4v) is 2.25.